The van der Waals surface area contributed by atoms with E-state index in [0.717, 1.165) is 61.8 Å². The van der Waals surface area contributed by atoms with Crippen LogP contribution < -0.4 is 14.8 Å². The quantitative estimate of drug-likeness (QED) is 0.539. The summed E-state index contributed by atoms with van der Waals surface area (Å²) in [5.74, 6) is 1.83. The highest BCUT2D eigenvalue weighted by atomic mass is 35.5. The summed E-state index contributed by atoms with van der Waals surface area (Å²) in [4.78, 5) is 15.0. The van der Waals surface area contributed by atoms with Crippen molar-refractivity contribution in [3.63, 3.8) is 0 Å². The van der Waals surface area contributed by atoms with Crippen molar-refractivity contribution in [3.8, 4) is 11.5 Å². The van der Waals surface area contributed by atoms with Gasteiger partial charge in [-0.2, -0.15) is 0 Å². The molecule has 0 radical (unpaired) electrons. The fraction of sp³-hybridized carbons (Fsp3) is 0.480. The molecule has 1 amide bonds. The number of amides is 1. The number of carbonyl (C=O) groups is 1. The molecule has 1 heterocycles. The number of halogens is 1. The van der Waals surface area contributed by atoms with E-state index < -0.39 is 0 Å². The topological polar surface area (TPSA) is 50.8 Å². The van der Waals surface area contributed by atoms with Crippen LogP contribution in [0.1, 0.15) is 37.3 Å². The van der Waals surface area contributed by atoms with Gasteiger partial charge in [-0.25, -0.2) is 0 Å². The lowest BCUT2D eigenvalue weighted by Gasteiger charge is -2.31. The van der Waals surface area contributed by atoms with Crippen LogP contribution in [0.25, 0.3) is 0 Å². The summed E-state index contributed by atoms with van der Waals surface area (Å²) < 4.78 is 11.0. The zero-order valence-corrected chi connectivity index (χ0v) is 19.3. The highest BCUT2D eigenvalue weighted by Gasteiger charge is 2.24. The number of methoxy groups -OCH3 is 1. The molecule has 1 saturated heterocycles. The number of hydrogen-bond acceptors (Lipinski definition) is 4. The predicted octanol–water partition coefficient (Wildman–Crippen LogP) is 4.71. The van der Waals surface area contributed by atoms with Crippen molar-refractivity contribution in [1.82, 2.24) is 10.2 Å². The third kappa shape index (κ3) is 7.15. The van der Waals surface area contributed by atoms with Crippen LogP contribution in [0.15, 0.2) is 42.5 Å². The lowest BCUT2D eigenvalue weighted by Crippen LogP contribution is -2.40. The van der Waals surface area contributed by atoms with Crippen LogP contribution in [0.4, 0.5) is 0 Å². The lowest BCUT2D eigenvalue weighted by atomic mass is 9.95. The second-order valence-corrected chi connectivity index (χ2v) is 8.43. The molecule has 1 aliphatic rings. The van der Waals surface area contributed by atoms with Crippen LogP contribution >= 0.6 is 11.6 Å². The van der Waals surface area contributed by atoms with Crippen molar-refractivity contribution >= 4 is 17.5 Å². The molecule has 0 aliphatic carbocycles. The molecule has 5 nitrogen and oxygen atoms in total. The molecule has 6 heteroatoms. The first-order chi connectivity index (χ1) is 15.1. The van der Waals surface area contributed by atoms with Gasteiger partial charge in [0.25, 0.3) is 0 Å². The van der Waals surface area contributed by atoms with Gasteiger partial charge in [-0.1, -0.05) is 29.8 Å². The second-order valence-electron chi connectivity index (χ2n) is 7.99. The van der Waals surface area contributed by atoms with Gasteiger partial charge in [0.1, 0.15) is 0 Å². The molecule has 0 unspecified atom stereocenters. The van der Waals surface area contributed by atoms with Crippen LogP contribution in [0.3, 0.4) is 0 Å². The fourth-order valence-corrected chi connectivity index (χ4v) is 4.12. The minimum Gasteiger partial charge on any atom is -0.493 e. The zero-order valence-electron chi connectivity index (χ0n) is 18.5. The van der Waals surface area contributed by atoms with Crippen LogP contribution in [0.5, 0.6) is 11.5 Å². The third-order valence-corrected chi connectivity index (χ3v) is 6.00. The Morgan fingerprint density at radius 2 is 1.81 bits per heavy atom. The molecule has 2 aromatic rings. The maximum atomic E-state index is 12.5. The largest absolute Gasteiger partial charge is 0.493 e. The number of benzene rings is 2. The van der Waals surface area contributed by atoms with Crippen molar-refractivity contribution in [2.75, 3.05) is 33.4 Å². The standard InChI is InChI=1S/C25H33ClN2O3/c1-3-31-23-11-8-19(17-24(23)30-2)5-4-14-27-25(29)21-12-15-28(16-13-21)18-20-6-9-22(26)10-7-20/h6-11,17,21H,3-5,12-16,18H2,1-2H3,(H,27,29). The average Bonchev–Trinajstić information content (AvgIpc) is 2.79. The molecule has 31 heavy (non-hydrogen) atoms. The smallest absolute Gasteiger partial charge is 0.223 e. The number of carbonyl (C=O) groups excluding carboxylic acids is 1. The van der Waals surface area contributed by atoms with E-state index in [1.165, 1.54) is 11.1 Å². The number of aryl methyl sites for hydroxylation is 1. The minimum atomic E-state index is 0.118. The van der Waals surface area contributed by atoms with Gasteiger partial charge in [0.05, 0.1) is 13.7 Å². The number of hydrogen-bond donors (Lipinski definition) is 1. The Hall–Kier alpha value is -2.24. The van der Waals surface area contributed by atoms with E-state index in [1.807, 2.05) is 31.2 Å². The van der Waals surface area contributed by atoms with Gasteiger partial charge >= 0.3 is 0 Å². The SMILES string of the molecule is CCOc1ccc(CCCNC(=O)C2CCN(Cc3ccc(Cl)cc3)CC2)cc1OC. The van der Waals surface area contributed by atoms with E-state index in [9.17, 15) is 4.79 Å². The Bertz CT molecular complexity index is 833. The Kier molecular flexibility index (Phi) is 9.04. The molecule has 0 bridgehead atoms. The van der Waals surface area contributed by atoms with Crippen LogP contribution in [-0.2, 0) is 17.8 Å². The molecule has 1 fully saturated rings. The first kappa shape index (κ1) is 23.4. The first-order valence-corrected chi connectivity index (χ1v) is 11.5. The molecular formula is C25H33ClN2O3. The van der Waals surface area contributed by atoms with Crippen molar-refractivity contribution in [1.29, 1.82) is 0 Å². The minimum absolute atomic E-state index is 0.118. The fourth-order valence-electron chi connectivity index (χ4n) is 3.99. The van der Waals surface area contributed by atoms with Gasteiger partial charge in [-0.15, -0.1) is 0 Å². The number of nitrogens with one attached hydrogen (secondary N) is 1. The van der Waals surface area contributed by atoms with Gasteiger partial charge in [0.2, 0.25) is 5.91 Å². The highest BCUT2D eigenvalue weighted by molar-refractivity contribution is 6.30. The van der Waals surface area contributed by atoms with Gasteiger partial charge in [0, 0.05) is 24.0 Å². The summed E-state index contributed by atoms with van der Waals surface area (Å²) in [6.07, 6.45) is 3.62. The van der Waals surface area contributed by atoms with Crippen LogP contribution in [0.2, 0.25) is 5.02 Å². The highest BCUT2D eigenvalue weighted by Crippen LogP contribution is 2.28. The van der Waals surface area contributed by atoms with E-state index in [0.29, 0.717) is 13.2 Å². The summed E-state index contributed by atoms with van der Waals surface area (Å²) >= 11 is 5.96. The van der Waals surface area contributed by atoms with Crippen molar-refractivity contribution in [2.24, 2.45) is 5.92 Å². The van der Waals surface area contributed by atoms with Gasteiger partial charge in [-0.3, -0.25) is 9.69 Å². The van der Waals surface area contributed by atoms with Gasteiger partial charge in [0.15, 0.2) is 11.5 Å². The van der Waals surface area contributed by atoms with Gasteiger partial charge < -0.3 is 14.8 Å². The van der Waals surface area contributed by atoms with Crippen molar-refractivity contribution in [3.05, 3.63) is 58.6 Å². The van der Waals surface area contributed by atoms with E-state index >= 15 is 0 Å². The molecule has 3 rings (SSSR count). The molecule has 0 atom stereocenters. The summed E-state index contributed by atoms with van der Waals surface area (Å²) in [6, 6.07) is 14.0. The summed E-state index contributed by atoms with van der Waals surface area (Å²) in [7, 11) is 1.66. The van der Waals surface area contributed by atoms with E-state index in [4.69, 9.17) is 21.1 Å². The van der Waals surface area contributed by atoms with Crippen molar-refractivity contribution in [2.45, 2.75) is 39.2 Å². The number of piperidine rings is 1. The van der Waals surface area contributed by atoms with Crippen LogP contribution in [-0.4, -0.2) is 44.2 Å². The average molecular weight is 445 g/mol. The number of rotatable bonds is 10. The molecule has 1 aliphatic heterocycles. The number of nitrogens with zero attached hydrogens (tertiary/aromatic N) is 1. The maximum Gasteiger partial charge on any atom is 0.223 e. The molecule has 1 N–H and O–H groups in total. The number of likely N-dealkylation sites (tertiary alicyclic amines) is 1. The monoisotopic (exact) mass is 444 g/mol. The summed E-state index contributed by atoms with van der Waals surface area (Å²) in [6.45, 7) is 6.08. The maximum absolute atomic E-state index is 12.5. The second kappa shape index (κ2) is 12.0. The van der Waals surface area contributed by atoms with E-state index in [-0.39, 0.29) is 11.8 Å². The Labute approximate surface area is 190 Å². The first-order valence-electron chi connectivity index (χ1n) is 11.1. The summed E-state index contributed by atoms with van der Waals surface area (Å²) in [5, 5.41) is 3.89. The van der Waals surface area contributed by atoms with Crippen LogP contribution in [0, 0.1) is 5.92 Å². The Morgan fingerprint density at radius 3 is 2.48 bits per heavy atom. The Morgan fingerprint density at radius 1 is 1.10 bits per heavy atom. The molecular weight excluding hydrogens is 412 g/mol. The molecule has 168 valence electrons. The van der Waals surface area contributed by atoms with E-state index in [2.05, 4.69) is 28.4 Å². The Balaban J connectivity index is 1.35. The number of ether oxygens (including phenoxy) is 2. The normalized spacial score (nSPS) is 14.9. The van der Waals surface area contributed by atoms with E-state index in [1.54, 1.807) is 7.11 Å². The van der Waals surface area contributed by atoms with Gasteiger partial charge in [-0.05, 0) is 81.1 Å². The molecule has 0 aromatic heterocycles. The molecule has 2 aromatic carbocycles. The summed E-state index contributed by atoms with van der Waals surface area (Å²) in [5.41, 5.74) is 2.45. The third-order valence-electron chi connectivity index (χ3n) is 5.75. The zero-order chi connectivity index (χ0) is 22.1. The van der Waals surface area contributed by atoms with Crippen molar-refractivity contribution < 1.29 is 14.3 Å². The predicted molar refractivity (Wildman–Crippen MR) is 125 cm³/mol. The molecule has 0 saturated carbocycles. The lowest BCUT2D eigenvalue weighted by molar-refractivity contribution is -0.126. The molecule has 0 spiro atoms.